The molecule has 0 spiro atoms. The molecule has 0 saturated heterocycles. The van der Waals surface area contributed by atoms with Gasteiger partial charge in [-0.05, 0) is 26.3 Å². The molecule has 2 heteroatoms. The fourth-order valence-corrected chi connectivity index (χ4v) is 1.59. The molecule has 0 bridgehead atoms. The van der Waals surface area contributed by atoms with Crippen molar-refractivity contribution < 1.29 is 4.74 Å². The Morgan fingerprint density at radius 3 is 2.64 bits per heavy atom. The fourth-order valence-electron chi connectivity index (χ4n) is 1.42. The molecule has 1 aromatic rings. The van der Waals surface area contributed by atoms with Crippen LogP contribution in [0.2, 0.25) is 0 Å². The number of ether oxygens (including phenoxy) is 1. The van der Waals surface area contributed by atoms with Crippen LogP contribution >= 0.6 is 11.6 Å². The minimum absolute atomic E-state index is 0.0523. The molecule has 14 heavy (non-hydrogen) atoms. The SMILES string of the molecule is CCOc1ccc(C)cc1C(Cl)CC. The average Bonchev–Trinajstić information content (AvgIpc) is 2.20. The zero-order valence-electron chi connectivity index (χ0n) is 9.01. The highest BCUT2D eigenvalue weighted by Crippen LogP contribution is 2.32. The van der Waals surface area contributed by atoms with Gasteiger partial charge >= 0.3 is 0 Å². The Labute approximate surface area is 91.0 Å². The van der Waals surface area contributed by atoms with E-state index in [-0.39, 0.29) is 5.38 Å². The summed E-state index contributed by atoms with van der Waals surface area (Å²) in [7, 11) is 0. The van der Waals surface area contributed by atoms with Crippen molar-refractivity contribution in [1.82, 2.24) is 0 Å². The van der Waals surface area contributed by atoms with E-state index in [9.17, 15) is 0 Å². The first-order valence-electron chi connectivity index (χ1n) is 5.06. The van der Waals surface area contributed by atoms with Crippen molar-refractivity contribution in [2.45, 2.75) is 32.6 Å². The Kier molecular flexibility index (Phi) is 4.27. The summed E-state index contributed by atoms with van der Waals surface area (Å²) < 4.78 is 5.53. The lowest BCUT2D eigenvalue weighted by Crippen LogP contribution is -1.98. The molecule has 0 aliphatic carbocycles. The van der Waals surface area contributed by atoms with Gasteiger partial charge in [0.25, 0.3) is 0 Å². The van der Waals surface area contributed by atoms with Gasteiger partial charge < -0.3 is 4.74 Å². The number of halogens is 1. The standard InChI is InChI=1S/C12H17ClO/c1-4-11(13)10-8-9(3)6-7-12(10)14-5-2/h6-8,11H,4-5H2,1-3H3. The fraction of sp³-hybridized carbons (Fsp3) is 0.500. The van der Waals surface area contributed by atoms with E-state index in [2.05, 4.69) is 19.9 Å². The second-order valence-electron chi connectivity index (χ2n) is 3.35. The smallest absolute Gasteiger partial charge is 0.123 e. The minimum atomic E-state index is 0.0523. The van der Waals surface area contributed by atoms with Crippen molar-refractivity contribution in [3.05, 3.63) is 29.3 Å². The third-order valence-corrected chi connectivity index (χ3v) is 2.70. The van der Waals surface area contributed by atoms with E-state index >= 15 is 0 Å². The van der Waals surface area contributed by atoms with Crippen LogP contribution in [-0.2, 0) is 0 Å². The Morgan fingerprint density at radius 2 is 2.07 bits per heavy atom. The third kappa shape index (κ3) is 2.65. The number of rotatable bonds is 4. The third-order valence-electron chi connectivity index (χ3n) is 2.16. The predicted octanol–water partition coefficient (Wildman–Crippen LogP) is 4.08. The molecule has 1 atom stereocenters. The molecule has 0 saturated carbocycles. The summed E-state index contributed by atoms with van der Waals surface area (Å²) in [5.41, 5.74) is 2.33. The molecule has 0 radical (unpaired) electrons. The lowest BCUT2D eigenvalue weighted by molar-refractivity contribution is 0.336. The molecule has 1 unspecified atom stereocenters. The van der Waals surface area contributed by atoms with E-state index < -0.39 is 0 Å². The van der Waals surface area contributed by atoms with Crippen LogP contribution in [0.1, 0.15) is 36.8 Å². The molecule has 0 amide bonds. The monoisotopic (exact) mass is 212 g/mol. The number of benzene rings is 1. The molecule has 1 rings (SSSR count). The Morgan fingerprint density at radius 1 is 1.36 bits per heavy atom. The summed E-state index contributed by atoms with van der Waals surface area (Å²) in [6.07, 6.45) is 0.922. The van der Waals surface area contributed by atoms with E-state index in [0.717, 1.165) is 17.7 Å². The van der Waals surface area contributed by atoms with Crippen LogP contribution in [0.15, 0.2) is 18.2 Å². The van der Waals surface area contributed by atoms with Crippen LogP contribution in [0.25, 0.3) is 0 Å². The van der Waals surface area contributed by atoms with Crippen LogP contribution in [0.4, 0.5) is 0 Å². The van der Waals surface area contributed by atoms with Gasteiger partial charge in [-0.3, -0.25) is 0 Å². The maximum absolute atomic E-state index is 6.22. The lowest BCUT2D eigenvalue weighted by atomic mass is 10.1. The van der Waals surface area contributed by atoms with E-state index in [1.807, 2.05) is 19.1 Å². The number of alkyl halides is 1. The first-order valence-corrected chi connectivity index (χ1v) is 5.50. The highest BCUT2D eigenvalue weighted by Gasteiger charge is 2.11. The van der Waals surface area contributed by atoms with Crippen molar-refractivity contribution in [2.75, 3.05) is 6.61 Å². The second-order valence-corrected chi connectivity index (χ2v) is 3.88. The van der Waals surface area contributed by atoms with E-state index in [0.29, 0.717) is 6.61 Å². The summed E-state index contributed by atoms with van der Waals surface area (Å²) in [6, 6.07) is 6.15. The lowest BCUT2D eigenvalue weighted by Gasteiger charge is -2.14. The zero-order chi connectivity index (χ0) is 10.6. The summed E-state index contributed by atoms with van der Waals surface area (Å²) in [4.78, 5) is 0. The van der Waals surface area contributed by atoms with Crippen LogP contribution < -0.4 is 4.74 Å². The van der Waals surface area contributed by atoms with Gasteiger partial charge in [-0.2, -0.15) is 0 Å². The highest BCUT2D eigenvalue weighted by atomic mass is 35.5. The molecule has 0 aromatic heterocycles. The summed E-state index contributed by atoms with van der Waals surface area (Å²) >= 11 is 6.22. The number of hydrogen-bond donors (Lipinski definition) is 0. The van der Waals surface area contributed by atoms with Crippen LogP contribution in [0.3, 0.4) is 0 Å². The first-order chi connectivity index (χ1) is 6.69. The van der Waals surface area contributed by atoms with E-state index in [1.54, 1.807) is 0 Å². The zero-order valence-corrected chi connectivity index (χ0v) is 9.77. The van der Waals surface area contributed by atoms with E-state index in [4.69, 9.17) is 16.3 Å². The van der Waals surface area contributed by atoms with Crippen molar-refractivity contribution in [3.63, 3.8) is 0 Å². The second kappa shape index (κ2) is 5.26. The van der Waals surface area contributed by atoms with Crippen molar-refractivity contribution >= 4 is 11.6 Å². The molecule has 78 valence electrons. The Bertz CT molecular complexity index is 296. The van der Waals surface area contributed by atoms with Crippen LogP contribution in [-0.4, -0.2) is 6.61 Å². The van der Waals surface area contributed by atoms with Crippen LogP contribution in [0, 0.1) is 6.92 Å². The molecular weight excluding hydrogens is 196 g/mol. The highest BCUT2D eigenvalue weighted by molar-refractivity contribution is 6.21. The first kappa shape index (κ1) is 11.4. The Hall–Kier alpha value is -0.690. The summed E-state index contributed by atoms with van der Waals surface area (Å²) in [6.45, 7) is 6.82. The van der Waals surface area contributed by atoms with Crippen LogP contribution in [0.5, 0.6) is 5.75 Å². The van der Waals surface area contributed by atoms with Gasteiger partial charge in [0, 0.05) is 5.56 Å². The minimum Gasteiger partial charge on any atom is -0.494 e. The Balaban J connectivity index is 3.02. The quantitative estimate of drug-likeness (QED) is 0.684. The van der Waals surface area contributed by atoms with Gasteiger partial charge in [0.05, 0.1) is 12.0 Å². The topological polar surface area (TPSA) is 9.23 Å². The molecule has 0 heterocycles. The molecular formula is C12H17ClO. The molecule has 0 aliphatic rings. The van der Waals surface area contributed by atoms with Gasteiger partial charge in [0.1, 0.15) is 5.75 Å². The molecule has 0 N–H and O–H groups in total. The van der Waals surface area contributed by atoms with Crippen molar-refractivity contribution in [2.24, 2.45) is 0 Å². The summed E-state index contributed by atoms with van der Waals surface area (Å²) in [5, 5.41) is 0.0523. The van der Waals surface area contributed by atoms with Gasteiger partial charge in [0.15, 0.2) is 0 Å². The van der Waals surface area contributed by atoms with Crippen molar-refractivity contribution in [3.8, 4) is 5.75 Å². The maximum atomic E-state index is 6.22. The van der Waals surface area contributed by atoms with Gasteiger partial charge in [-0.15, -0.1) is 11.6 Å². The van der Waals surface area contributed by atoms with Crippen molar-refractivity contribution in [1.29, 1.82) is 0 Å². The molecule has 1 aromatic carbocycles. The van der Waals surface area contributed by atoms with E-state index in [1.165, 1.54) is 5.56 Å². The predicted molar refractivity (Wildman–Crippen MR) is 61.2 cm³/mol. The van der Waals surface area contributed by atoms with Gasteiger partial charge in [-0.25, -0.2) is 0 Å². The molecule has 1 nitrogen and oxygen atoms in total. The molecule has 0 aliphatic heterocycles. The molecule has 0 fully saturated rings. The largest absolute Gasteiger partial charge is 0.494 e. The maximum Gasteiger partial charge on any atom is 0.123 e. The van der Waals surface area contributed by atoms with Gasteiger partial charge in [-0.1, -0.05) is 24.6 Å². The normalized spacial score (nSPS) is 12.6. The van der Waals surface area contributed by atoms with Gasteiger partial charge in [0.2, 0.25) is 0 Å². The average molecular weight is 213 g/mol. The summed E-state index contributed by atoms with van der Waals surface area (Å²) in [5.74, 6) is 0.917. The number of hydrogen-bond acceptors (Lipinski definition) is 1. The number of aryl methyl sites for hydroxylation is 1.